The molecular weight excluding hydrogens is 241 g/mol. The van der Waals surface area contributed by atoms with E-state index >= 15 is 0 Å². The predicted octanol–water partition coefficient (Wildman–Crippen LogP) is 2.97. The number of nitrogens with two attached hydrogens (primary N) is 1. The first-order valence-electron chi connectivity index (χ1n) is 6.26. The first-order chi connectivity index (χ1) is 8.97. The van der Waals surface area contributed by atoms with Crippen LogP contribution in [0.15, 0.2) is 35.0 Å². The number of hydrogen-bond acceptors (Lipinski definition) is 3. The van der Waals surface area contributed by atoms with E-state index in [1.807, 2.05) is 14.1 Å². The number of nitrogens with zero attached hydrogens (tertiary/aromatic N) is 2. The van der Waals surface area contributed by atoms with Crippen LogP contribution >= 0.6 is 0 Å². The fourth-order valence-corrected chi connectivity index (χ4v) is 2.62. The van der Waals surface area contributed by atoms with Crippen LogP contribution in [0.25, 0.3) is 5.57 Å². The summed E-state index contributed by atoms with van der Waals surface area (Å²) < 4.78 is 13.4. The van der Waals surface area contributed by atoms with E-state index in [1.54, 1.807) is 0 Å². The van der Waals surface area contributed by atoms with Crippen LogP contribution in [-0.2, 0) is 0 Å². The second-order valence-corrected chi connectivity index (χ2v) is 5.22. The van der Waals surface area contributed by atoms with Gasteiger partial charge in [-0.2, -0.15) is 0 Å². The Labute approximate surface area is 111 Å². The fourth-order valence-electron chi connectivity index (χ4n) is 2.62. The molecule has 1 aromatic carbocycles. The summed E-state index contributed by atoms with van der Waals surface area (Å²) in [5.74, 6) is -0.138. The van der Waals surface area contributed by atoms with E-state index in [1.165, 1.54) is 12.1 Å². The quantitative estimate of drug-likeness (QED) is 0.786. The van der Waals surface area contributed by atoms with Crippen molar-refractivity contribution in [2.45, 2.75) is 6.92 Å². The van der Waals surface area contributed by atoms with E-state index in [9.17, 15) is 4.39 Å². The van der Waals surface area contributed by atoms with Gasteiger partial charge in [0.25, 0.3) is 0 Å². The molecule has 1 atom stereocenters. The molecular formula is C15H16FN3. The Morgan fingerprint density at radius 3 is 2.74 bits per heavy atom. The molecule has 1 aliphatic heterocycles. The Kier molecular flexibility index (Phi) is 2.49. The molecule has 3 nitrogen and oxygen atoms in total. The Balaban J connectivity index is 2.20. The highest BCUT2D eigenvalue weighted by Gasteiger charge is 2.29. The highest BCUT2D eigenvalue weighted by Crippen LogP contribution is 2.43. The van der Waals surface area contributed by atoms with Gasteiger partial charge in [0.1, 0.15) is 5.82 Å². The van der Waals surface area contributed by atoms with Gasteiger partial charge >= 0.3 is 0 Å². The summed E-state index contributed by atoms with van der Waals surface area (Å²) in [4.78, 5) is 6.59. The lowest BCUT2D eigenvalue weighted by Crippen LogP contribution is -2.19. The summed E-state index contributed by atoms with van der Waals surface area (Å²) in [6, 6.07) is 2.80. The third kappa shape index (κ3) is 1.75. The minimum absolute atomic E-state index is 0.201. The monoisotopic (exact) mass is 257 g/mol. The third-order valence-electron chi connectivity index (χ3n) is 3.56. The van der Waals surface area contributed by atoms with Crippen molar-refractivity contribution < 1.29 is 4.39 Å². The maximum atomic E-state index is 13.4. The van der Waals surface area contributed by atoms with Gasteiger partial charge in [0.2, 0.25) is 0 Å². The van der Waals surface area contributed by atoms with Gasteiger partial charge in [-0.15, -0.1) is 0 Å². The molecule has 0 fully saturated rings. The molecule has 0 saturated carbocycles. The van der Waals surface area contributed by atoms with Gasteiger partial charge in [-0.1, -0.05) is 13.0 Å². The van der Waals surface area contributed by atoms with Gasteiger partial charge < -0.3 is 10.6 Å². The normalized spacial score (nSPS) is 20.2. The molecule has 1 aliphatic carbocycles. The number of fused-ring (bicyclic) bond motifs is 3. The number of halogens is 1. The van der Waals surface area contributed by atoms with E-state index in [0.717, 1.165) is 22.5 Å². The SMILES string of the molecule is CC1C=C(N(C)C)C=C2C1=Nc1cc(F)cc(N)c12. The average Bonchev–Trinajstić information content (AvgIpc) is 2.67. The largest absolute Gasteiger partial charge is 0.398 e. The van der Waals surface area contributed by atoms with E-state index in [-0.39, 0.29) is 11.7 Å². The molecule has 98 valence electrons. The van der Waals surface area contributed by atoms with Gasteiger partial charge in [0.15, 0.2) is 0 Å². The summed E-state index contributed by atoms with van der Waals surface area (Å²) in [5.41, 5.74) is 11.0. The van der Waals surface area contributed by atoms with Crippen molar-refractivity contribution in [3.63, 3.8) is 0 Å². The zero-order chi connectivity index (χ0) is 13.7. The molecule has 0 aromatic heterocycles. The van der Waals surface area contributed by atoms with E-state index in [2.05, 4.69) is 29.0 Å². The molecule has 2 N–H and O–H groups in total. The highest BCUT2D eigenvalue weighted by atomic mass is 19.1. The highest BCUT2D eigenvalue weighted by molar-refractivity contribution is 6.32. The topological polar surface area (TPSA) is 41.6 Å². The molecule has 0 radical (unpaired) electrons. The van der Waals surface area contributed by atoms with Crippen molar-refractivity contribution in [3.05, 3.63) is 41.4 Å². The summed E-state index contributed by atoms with van der Waals surface area (Å²) >= 11 is 0. The maximum absolute atomic E-state index is 13.4. The van der Waals surface area contributed by atoms with Gasteiger partial charge in [-0.05, 0) is 12.1 Å². The molecule has 1 unspecified atom stereocenters. The van der Waals surface area contributed by atoms with Crippen molar-refractivity contribution in [1.82, 2.24) is 4.90 Å². The van der Waals surface area contributed by atoms with Crippen molar-refractivity contribution in [3.8, 4) is 0 Å². The molecule has 0 amide bonds. The first kappa shape index (κ1) is 12.0. The molecule has 0 spiro atoms. The van der Waals surface area contributed by atoms with Crippen LogP contribution in [0, 0.1) is 11.7 Å². The molecule has 0 bridgehead atoms. The lowest BCUT2D eigenvalue weighted by Gasteiger charge is -2.23. The van der Waals surface area contributed by atoms with Crippen LogP contribution in [0.5, 0.6) is 0 Å². The molecule has 19 heavy (non-hydrogen) atoms. The van der Waals surface area contributed by atoms with E-state index in [4.69, 9.17) is 5.73 Å². The van der Waals surface area contributed by atoms with Gasteiger partial charge in [0.05, 0.1) is 11.4 Å². The lowest BCUT2D eigenvalue weighted by molar-refractivity contribution is 0.524. The van der Waals surface area contributed by atoms with Gasteiger partial charge in [-0.25, -0.2) is 4.39 Å². The number of benzene rings is 1. The summed E-state index contributed by atoms with van der Waals surface area (Å²) in [7, 11) is 4.00. The number of hydrogen-bond donors (Lipinski definition) is 1. The van der Waals surface area contributed by atoms with E-state index < -0.39 is 0 Å². The number of likely N-dealkylation sites (N-methyl/N-ethyl adjacent to an activating group) is 1. The number of aliphatic imine (C=N–C) groups is 1. The molecule has 1 heterocycles. The van der Waals surface area contributed by atoms with Crippen LogP contribution in [0.3, 0.4) is 0 Å². The minimum atomic E-state index is -0.340. The Morgan fingerprint density at radius 2 is 2.05 bits per heavy atom. The van der Waals surface area contributed by atoms with Crippen molar-refractivity contribution in [2.75, 3.05) is 19.8 Å². The molecule has 4 heteroatoms. The third-order valence-corrected chi connectivity index (χ3v) is 3.56. The zero-order valence-corrected chi connectivity index (χ0v) is 11.2. The number of nitrogen functional groups attached to an aromatic ring is 1. The smallest absolute Gasteiger partial charge is 0.127 e. The van der Waals surface area contributed by atoms with Crippen LogP contribution in [0.1, 0.15) is 12.5 Å². The average molecular weight is 257 g/mol. The van der Waals surface area contributed by atoms with Gasteiger partial charge in [0, 0.05) is 48.6 Å². The van der Waals surface area contributed by atoms with Crippen LogP contribution < -0.4 is 5.73 Å². The lowest BCUT2D eigenvalue weighted by atomic mass is 9.88. The fraction of sp³-hybridized carbons (Fsp3) is 0.267. The van der Waals surface area contributed by atoms with Crippen molar-refractivity contribution in [1.29, 1.82) is 0 Å². The number of rotatable bonds is 1. The first-order valence-corrected chi connectivity index (χ1v) is 6.26. The van der Waals surface area contributed by atoms with Crippen LogP contribution in [-0.4, -0.2) is 24.7 Å². The second kappa shape index (κ2) is 3.95. The van der Waals surface area contributed by atoms with Crippen molar-refractivity contribution >= 4 is 22.7 Å². The standard InChI is InChI=1S/C15H16FN3/c1-8-4-10(19(2)3)7-11-14-12(17)5-9(16)6-13(14)18-15(8)11/h4-8H,17H2,1-3H3. The molecule has 1 aromatic rings. The number of anilines is 1. The van der Waals surface area contributed by atoms with Gasteiger partial charge in [-0.3, -0.25) is 4.99 Å². The maximum Gasteiger partial charge on any atom is 0.127 e. The minimum Gasteiger partial charge on any atom is -0.398 e. The second-order valence-electron chi connectivity index (χ2n) is 5.22. The van der Waals surface area contributed by atoms with Crippen LogP contribution in [0.4, 0.5) is 15.8 Å². The Morgan fingerprint density at radius 1 is 1.32 bits per heavy atom. The predicted molar refractivity (Wildman–Crippen MR) is 76.8 cm³/mol. The Hall–Kier alpha value is -2.10. The molecule has 0 saturated heterocycles. The molecule has 3 rings (SSSR count). The summed E-state index contributed by atoms with van der Waals surface area (Å²) in [6.07, 6.45) is 4.22. The van der Waals surface area contributed by atoms with E-state index in [0.29, 0.717) is 11.4 Å². The van der Waals surface area contributed by atoms with Crippen LogP contribution in [0.2, 0.25) is 0 Å². The Bertz CT molecular complexity index is 654. The number of allylic oxidation sites excluding steroid dienone is 3. The molecule has 2 aliphatic rings. The summed E-state index contributed by atoms with van der Waals surface area (Å²) in [5, 5.41) is 0. The summed E-state index contributed by atoms with van der Waals surface area (Å²) in [6.45, 7) is 2.09. The van der Waals surface area contributed by atoms with Crippen molar-refractivity contribution in [2.24, 2.45) is 10.9 Å². The zero-order valence-electron chi connectivity index (χ0n) is 11.2.